The van der Waals surface area contributed by atoms with E-state index in [1.165, 1.54) is 18.5 Å². The number of carbonyl (C=O) groups excluding carboxylic acids is 1. The van der Waals surface area contributed by atoms with E-state index in [4.69, 9.17) is 20.5 Å². The summed E-state index contributed by atoms with van der Waals surface area (Å²) in [5.41, 5.74) is 2.60. The van der Waals surface area contributed by atoms with Gasteiger partial charge >= 0.3 is 0 Å². The van der Waals surface area contributed by atoms with Crippen molar-refractivity contribution in [2.45, 2.75) is 26.0 Å². The lowest BCUT2D eigenvalue weighted by Crippen LogP contribution is -2.33. The number of ether oxygens (including phenoxy) is 1. The lowest BCUT2D eigenvalue weighted by molar-refractivity contribution is -0.114. The molecule has 1 aromatic carbocycles. The molecule has 0 aliphatic heterocycles. The number of likely N-dealkylation sites (N-methyl/N-ethyl adjacent to an activating group) is 1. The molecule has 200 valence electrons. The molecule has 0 saturated heterocycles. The average Bonchev–Trinajstić information content (AvgIpc) is 2.88. The van der Waals surface area contributed by atoms with Crippen LogP contribution in [0.25, 0.3) is 11.3 Å². The summed E-state index contributed by atoms with van der Waals surface area (Å²) >= 11 is 0. The summed E-state index contributed by atoms with van der Waals surface area (Å²) in [7, 11) is 3.46. The Labute approximate surface area is 218 Å². The summed E-state index contributed by atoms with van der Waals surface area (Å²) in [5.74, 6) is 0.689. The van der Waals surface area contributed by atoms with Crippen molar-refractivity contribution in [3.8, 4) is 17.0 Å². The van der Waals surface area contributed by atoms with Crippen LogP contribution < -0.4 is 31.3 Å². The first-order valence-corrected chi connectivity index (χ1v) is 12.1. The molecule has 1 atom stereocenters. The number of benzene rings is 1. The van der Waals surface area contributed by atoms with Crippen LogP contribution >= 0.6 is 0 Å². The molecular weight excluding hydrogens is 472 g/mol. The van der Waals surface area contributed by atoms with Crippen molar-refractivity contribution >= 4 is 29.3 Å². The van der Waals surface area contributed by atoms with Crippen LogP contribution in [0.15, 0.2) is 42.6 Å². The van der Waals surface area contributed by atoms with E-state index in [9.17, 15) is 9.90 Å². The molecule has 11 heteroatoms. The first-order chi connectivity index (χ1) is 17.8. The predicted molar refractivity (Wildman–Crippen MR) is 149 cm³/mol. The van der Waals surface area contributed by atoms with E-state index in [1.54, 1.807) is 14.1 Å². The SMILES string of the molecule is CN/C=C\C(=N)C(=O)NCCNc1cc(-c2cccc(OC[C@@H](O)CNC)c2)nc(NC(C)C)c1C=N. The molecule has 11 nitrogen and oxygen atoms in total. The zero-order chi connectivity index (χ0) is 27.2. The Balaban J connectivity index is 2.24. The van der Waals surface area contributed by atoms with Crippen LogP contribution in [0.5, 0.6) is 5.75 Å². The lowest BCUT2D eigenvalue weighted by atomic mass is 10.1. The summed E-state index contributed by atoms with van der Waals surface area (Å²) in [6.07, 6.45) is 3.51. The molecule has 0 radical (unpaired) electrons. The van der Waals surface area contributed by atoms with E-state index in [2.05, 4.69) is 26.6 Å². The second kappa shape index (κ2) is 15.2. The van der Waals surface area contributed by atoms with Gasteiger partial charge in [0.1, 0.15) is 30.0 Å². The molecule has 1 amide bonds. The summed E-state index contributed by atoms with van der Waals surface area (Å²) in [6, 6.07) is 9.38. The minimum atomic E-state index is -0.625. The minimum Gasteiger partial charge on any atom is -0.491 e. The number of nitrogens with one attached hydrogen (secondary N) is 7. The van der Waals surface area contributed by atoms with Gasteiger partial charge in [0.15, 0.2) is 0 Å². The smallest absolute Gasteiger partial charge is 0.269 e. The summed E-state index contributed by atoms with van der Waals surface area (Å²) in [4.78, 5) is 16.8. The zero-order valence-corrected chi connectivity index (χ0v) is 21.8. The van der Waals surface area contributed by atoms with Crippen molar-refractivity contribution in [2.24, 2.45) is 0 Å². The number of nitrogens with zero attached hydrogens (tertiary/aromatic N) is 1. The third-order valence-electron chi connectivity index (χ3n) is 5.03. The number of aliphatic hydroxyl groups excluding tert-OH is 1. The van der Waals surface area contributed by atoms with Gasteiger partial charge in [-0.05, 0) is 51.4 Å². The van der Waals surface area contributed by atoms with E-state index >= 15 is 0 Å². The van der Waals surface area contributed by atoms with Crippen molar-refractivity contribution in [1.29, 1.82) is 10.8 Å². The van der Waals surface area contributed by atoms with Crippen molar-refractivity contribution in [3.05, 3.63) is 48.2 Å². The van der Waals surface area contributed by atoms with E-state index in [0.717, 1.165) is 5.56 Å². The number of pyridine rings is 1. The quantitative estimate of drug-likeness (QED) is 0.125. The van der Waals surface area contributed by atoms with Crippen LogP contribution in [-0.2, 0) is 4.79 Å². The van der Waals surface area contributed by atoms with Gasteiger partial charge in [0.25, 0.3) is 5.91 Å². The Hall–Kier alpha value is -3.96. The van der Waals surface area contributed by atoms with Crippen molar-refractivity contribution < 1.29 is 14.6 Å². The number of aliphatic hydroxyl groups is 1. The van der Waals surface area contributed by atoms with Gasteiger partial charge < -0.3 is 41.8 Å². The molecule has 37 heavy (non-hydrogen) atoms. The van der Waals surface area contributed by atoms with Crippen molar-refractivity contribution in [1.82, 2.24) is 20.9 Å². The van der Waals surface area contributed by atoms with E-state index in [0.29, 0.717) is 41.6 Å². The molecule has 0 bridgehead atoms. The fourth-order valence-corrected chi connectivity index (χ4v) is 3.32. The number of amides is 1. The number of aromatic nitrogens is 1. The highest BCUT2D eigenvalue weighted by Gasteiger charge is 2.14. The second-order valence-electron chi connectivity index (χ2n) is 8.53. The number of rotatable bonds is 16. The van der Waals surface area contributed by atoms with Crippen LogP contribution in [-0.4, -0.2) is 80.4 Å². The van der Waals surface area contributed by atoms with Gasteiger partial charge in [-0.1, -0.05) is 12.1 Å². The number of carbonyl (C=O) groups is 1. The number of hydrogen-bond donors (Lipinski definition) is 8. The maximum Gasteiger partial charge on any atom is 0.269 e. The van der Waals surface area contributed by atoms with Crippen LogP contribution in [0.1, 0.15) is 19.4 Å². The summed E-state index contributed by atoms with van der Waals surface area (Å²) in [6.45, 7) is 5.24. The molecular formula is C26H38N8O3. The largest absolute Gasteiger partial charge is 0.491 e. The Kier molecular flexibility index (Phi) is 12.0. The Morgan fingerprint density at radius 2 is 2.00 bits per heavy atom. The molecule has 0 saturated carbocycles. The summed E-state index contributed by atoms with van der Waals surface area (Å²) in [5, 5.41) is 40.6. The molecule has 0 aliphatic carbocycles. The average molecular weight is 511 g/mol. The third-order valence-corrected chi connectivity index (χ3v) is 5.03. The van der Waals surface area contributed by atoms with Gasteiger partial charge in [-0.25, -0.2) is 4.98 Å². The van der Waals surface area contributed by atoms with Gasteiger partial charge in [0.05, 0.1) is 11.3 Å². The first-order valence-electron chi connectivity index (χ1n) is 12.1. The van der Waals surface area contributed by atoms with Gasteiger partial charge in [0, 0.05) is 50.2 Å². The lowest BCUT2D eigenvalue weighted by Gasteiger charge is -2.18. The molecule has 1 aromatic heterocycles. The standard InChI is InChI=1S/C26H38N8O3/c1-17(2)33-25-21(14-27)24(31-10-11-32-26(36)22(28)8-9-29-3)13-23(34-25)18-6-5-7-20(12-18)37-16-19(35)15-30-4/h5-9,12-14,17,19,27-30,35H,10-11,15-16H2,1-4H3,(H,32,36)(H2,31,33,34)/b9-8-,27-14?,28-22?/t19-/m0/s1. The molecule has 0 spiro atoms. The van der Waals surface area contributed by atoms with E-state index < -0.39 is 12.0 Å². The Bertz CT molecular complexity index is 1090. The van der Waals surface area contributed by atoms with Crippen LogP contribution in [0, 0.1) is 10.8 Å². The Morgan fingerprint density at radius 3 is 2.68 bits per heavy atom. The van der Waals surface area contributed by atoms with Gasteiger partial charge in [-0.3, -0.25) is 10.2 Å². The fraction of sp³-hybridized carbons (Fsp3) is 0.385. The van der Waals surface area contributed by atoms with Gasteiger partial charge in [-0.15, -0.1) is 0 Å². The minimum absolute atomic E-state index is 0.0913. The molecule has 8 N–H and O–H groups in total. The number of anilines is 2. The van der Waals surface area contributed by atoms with Crippen LogP contribution in [0.2, 0.25) is 0 Å². The molecule has 2 rings (SSSR count). The zero-order valence-electron chi connectivity index (χ0n) is 21.8. The third kappa shape index (κ3) is 9.54. The highest BCUT2D eigenvalue weighted by atomic mass is 16.5. The molecule has 0 fully saturated rings. The molecule has 2 aromatic rings. The van der Waals surface area contributed by atoms with Gasteiger partial charge in [-0.2, -0.15) is 0 Å². The topological polar surface area (TPSA) is 167 Å². The molecule has 1 heterocycles. The molecule has 0 aliphatic rings. The highest BCUT2D eigenvalue weighted by molar-refractivity contribution is 6.42. The van der Waals surface area contributed by atoms with Gasteiger partial charge in [0.2, 0.25) is 0 Å². The highest BCUT2D eigenvalue weighted by Crippen LogP contribution is 2.30. The van der Waals surface area contributed by atoms with Crippen LogP contribution in [0.4, 0.5) is 11.5 Å². The molecule has 0 unspecified atom stereocenters. The second-order valence-corrected chi connectivity index (χ2v) is 8.53. The monoisotopic (exact) mass is 510 g/mol. The summed E-state index contributed by atoms with van der Waals surface area (Å²) < 4.78 is 5.75. The maximum atomic E-state index is 12.0. The maximum absolute atomic E-state index is 12.0. The van der Waals surface area contributed by atoms with Crippen LogP contribution in [0.3, 0.4) is 0 Å². The predicted octanol–water partition coefficient (Wildman–Crippen LogP) is 1.81. The Morgan fingerprint density at radius 1 is 1.22 bits per heavy atom. The van der Waals surface area contributed by atoms with E-state index in [-0.39, 0.29) is 24.9 Å². The fourth-order valence-electron chi connectivity index (χ4n) is 3.32. The van der Waals surface area contributed by atoms with Crippen molar-refractivity contribution in [3.63, 3.8) is 0 Å². The van der Waals surface area contributed by atoms with E-state index in [1.807, 2.05) is 44.2 Å². The number of hydrogen-bond acceptors (Lipinski definition) is 10. The normalized spacial score (nSPS) is 11.7. The van der Waals surface area contributed by atoms with Crippen molar-refractivity contribution in [2.75, 3.05) is 51.0 Å². The first kappa shape index (κ1) is 29.3.